The molecule has 1 N–H and O–H groups in total. The number of hydrogen-bond donors (Lipinski definition) is 1. The zero-order valence-corrected chi connectivity index (χ0v) is 11.9. The van der Waals surface area contributed by atoms with E-state index < -0.39 is 46.8 Å². The molecule has 8 heteroatoms. The van der Waals surface area contributed by atoms with Crippen molar-refractivity contribution < 1.29 is 32.3 Å². The van der Waals surface area contributed by atoms with Gasteiger partial charge in [0.1, 0.15) is 6.54 Å². The fourth-order valence-corrected chi connectivity index (χ4v) is 3.35. The quantitative estimate of drug-likeness (QED) is 0.621. The van der Waals surface area contributed by atoms with E-state index in [1.54, 1.807) is 26.1 Å². The summed E-state index contributed by atoms with van der Waals surface area (Å²) in [6, 6.07) is 0. The van der Waals surface area contributed by atoms with Crippen LogP contribution in [0.15, 0.2) is 0 Å². The van der Waals surface area contributed by atoms with Crippen molar-refractivity contribution in [2.75, 3.05) is 6.54 Å². The molecule has 0 radical (unpaired) electrons. The number of halogens is 3. The second kappa shape index (κ2) is 4.20. The molecule has 21 heavy (non-hydrogen) atoms. The first-order chi connectivity index (χ1) is 9.38. The van der Waals surface area contributed by atoms with Gasteiger partial charge in [0.25, 0.3) is 0 Å². The van der Waals surface area contributed by atoms with Crippen LogP contribution >= 0.6 is 0 Å². The Morgan fingerprint density at radius 2 is 1.76 bits per heavy atom. The molecule has 2 unspecified atom stereocenters. The Hall–Kier alpha value is -1.60. The first-order valence-corrected chi connectivity index (χ1v) is 6.50. The standard InChI is InChI=1S/C13H16F3NO4/c1-10(2)11(3)4-5-12(10,9(20)21-8(11)19)7(18)17-6-13(14,15)16/h4-6H2,1-3H3,(H,17,18). The molecule has 2 fully saturated rings. The van der Waals surface area contributed by atoms with Gasteiger partial charge in [-0.2, -0.15) is 13.2 Å². The van der Waals surface area contributed by atoms with Crippen molar-refractivity contribution in [1.29, 1.82) is 0 Å². The van der Waals surface area contributed by atoms with E-state index >= 15 is 0 Å². The van der Waals surface area contributed by atoms with Crippen LogP contribution in [0.1, 0.15) is 33.6 Å². The number of alkyl halides is 3. The minimum Gasteiger partial charge on any atom is -0.392 e. The monoisotopic (exact) mass is 307 g/mol. The third-order valence-electron chi connectivity index (χ3n) is 5.27. The normalized spacial score (nSPS) is 34.6. The zero-order chi connectivity index (χ0) is 16.3. The van der Waals surface area contributed by atoms with Crippen molar-refractivity contribution in [2.24, 2.45) is 16.2 Å². The fraction of sp³-hybridized carbons (Fsp3) is 0.769. The summed E-state index contributed by atoms with van der Waals surface area (Å²) in [6.45, 7) is 3.14. The van der Waals surface area contributed by atoms with Crippen LogP contribution in [-0.2, 0) is 19.1 Å². The summed E-state index contributed by atoms with van der Waals surface area (Å²) in [5, 5.41) is 1.75. The Morgan fingerprint density at radius 1 is 1.19 bits per heavy atom. The molecule has 1 amide bonds. The molecule has 1 aliphatic carbocycles. The van der Waals surface area contributed by atoms with Crippen molar-refractivity contribution in [3.05, 3.63) is 0 Å². The van der Waals surface area contributed by atoms with Gasteiger partial charge in [-0.3, -0.25) is 14.4 Å². The average Bonchev–Trinajstić information content (AvgIpc) is 2.48. The van der Waals surface area contributed by atoms with Crippen molar-refractivity contribution in [3.8, 4) is 0 Å². The highest BCUT2D eigenvalue weighted by atomic mass is 19.4. The summed E-state index contributed by atoms with van der Waals surface area (Å²) in [5.41, 5.74) is -3.96. The molecule has 5 nitrogen and oxygen atoms in total. The van der Waals surface area contributed by atoms with Crippen LogP contribution < -0.4 is 5.32 Å². The molecule has 2 bridgehead atoms. The Bertz CT molecular complexity index is 528. The van der Waals surface area contributed by atoms with Gasteiger partial charge in [-0.05, 0) is 19.8 Å². The Morgan fingerprint density at radius 3 is 2.29 bits per heavy atom. The maximum atomic E-state index is 12.3. The number of fused-ring (bicyclic) bond motifs is 2. The van der Waals surface area contributed by atoms with Crippen LogP contribution in [0.5, 0.6) is 0 Å². The average molecular weight is 307 g/mol. The van der Waals surface area contributed by atoms with Crippen LogP contribution in [0.25, 0.3) is 0 Å². The second-order valence-corrected chi connectivity index (χ2v) is 6.34. The Balaban J connectivity index is 2.38. The second-order valence-electron chi connectivity index (χ2n) is 6.34. The summed E-state index contributed by atoms with van der Waals surface area (Å²) in [6.07, 6.45) is -4.37. The predicted octanol–water partition coefficient (Wildman–Crippen LogP) is 1.56. The lowest BCUT2D eigenvalue weighted by atomic mass is 9.57. The summed E-state index contributed by atoms with van der Waals surface area (Å²) in [7, 11) is 0. The molecule has 118 valence electrons. The van der Waals surface area contributed by atoms with E-state index in [1.165, 1.54) is 0 Å². The topological polar surface area (TPSA) is 72.5 Å². The molecule has 2 atom stereocenters. The molecule has 0 spiro atoms. The number of hydrogen-bond acceptors (Lipinski definition) is 4. The predicted molar refractivity (Wildman–Crippen MR) is 63.7 cm³/mol. The van der Waals surface area contributed by atoms with Crippen molar-refractivity contribution >= 4 is 17.8 Å². The zero-order valence-electron chi connectivity index (χ0n) is 11.9. The maximum Gasteiger partial charge on any atom is 0.405 e. The van der Waals surface area contributed by atoms with E-state index in [2.05, 4.69) is 4.74 Å². The summed E-state index contributed by atoms with van der Waals surface area (Å²) in [4.78, 5) is 36.3. The van der Waals surface area contributed by atoms with E-state index in [1.807, 2.05) is 0 Å². The smallest absolute Gasteiger partial charge is 0.392 e. The number of nitrogens with one attached hydrogen (secondary N) is 1. The first-order valence-electron chi connectivity index (χ1n) is 6.50. The summed E-state index contributed by atoms with van der Waals surface area (Å²) >= 11 is 0. The summed E-state index contributed by atoms with van der Waals surface area (Å²) in [5.74, 6) is -2.83. The van der Waals surface area contributed by atoms with Gasteiger partial charge in [0.2, 0.25) is 5.91 Å². The molecule has 0 aromatic heterocycles. The first kappa shape index (κ1) is 15.8. The van der Waals surface area contributed by atoms with Crippen molar-refractivity contribution in [2.45, 2.75) is 39.8 Å². The largest absolute Gasteiger partial charge is 0.405 e. The van der Waals surface area contributed by atoms with Gasteiger partial charge in [0.15, 0.2) is 5.41 Å². The van der Waals surface area contributed by atoms with Crippen molar-refractivity contribution in [3.63, 3.8) is 0 Å². The van der Waals surface area contributed by atoms with Gasteiger partial charge < -0.3 is 10.1 Å². The third-order valence-corrected chi connectivity index (χ3v) is 5.27. The van der Waals surface area contributed by atoms with Gasteiger partial charge in [-0.1, -0.05) is 13.8 Å². The van der Waals surface area contributed by atoms with Crippen LogP contribution in [0.4, 0.5) is 13.2 Å². The highest BCUT2D eigenvalue weighted by Gasteiger charge is 2.75. The number of carbonyl (C=O) groups is 3. The van der Waals surface area contributed by atoms with E-state index in [4.69, 9.17) is 0 Å². The van der Waals surface area contributed by atoms with E-state index in [9.17, 15) is 27.6 Å². The number of amides is 1. The molecule has 1 saturated heterocycles. The number of carbonyl (C=O) groups excluding carboxylic acids is 3. The van der Waals surface area contributed by atoms with Gasteiger partial charge in [-0.25, -0.2) is 0 Å². The maximum absolute atomic E-state index is 12.3. The molecule has 2 aliphatic rings. The molecular formula is C13H16F3NO4. The molecule has 1 heterocycles. The van der Waals surface area contributed by atoms with Crippen LogP contribution in [0, 0.1) is 16.2 Å². The SMILES string of the molecule is CC12CCC(C(=O)NCC(F)(F)F)(C(=O)OC1=O)C2(C)C. The molecule has 0 aromatic carbocycles. The van der Waals surface area contributed by atoms with Crippen LogP contribution in [-0.4, -0.2) is 30.6 Å². The number of esters is 2. The number of ether oxygens (including phenoxy) is 1. The third kappa shape index (κ3) is 1.87. The molecule has 2 rings (SSSR count). The Labute approximate surface area is 119 Å². The lowest BCUT2D eigenvalue weighted by Crippen LogP contribution is -2.62. The number of rotatable bonds is 2. The molecule has 0 aromatic rings. The lowest BCUT2D eigenvalue weighted by molar-refractivity contribution is -0.197. The van der Waals surface area contributed by atoms with E-state index in [0.29, 0.717) is 0 Å². The van der Waals surface area contributed by atoms with Crippen LogP contribution in [0.2, 0.25) is 0 Å². The van der Waals surface area contributed by atoms with Crippen molar-refractivity contribution in [1.82, 2.24) is 5.32 Å². The summed E-state index contributed by atoms with van der Waals surface area (Å²) < 4.78 is 41.4. The highest BCUT2D eigenvalue weighted by Crippen LogP contribution is 2.66. The molecule has 1 aliphatic heterocycles. The van der Waals surface area contributed by atoms with E-state index in [0.717, 1.165) is 0 Å². The minimum atomic E-state index is -4.58. The lowest BCUT2D eigenvalue weighted by Gasteiger charge is -2.48. The Kier molecular flexibility index (Phi) is 3.16. The number of cyclic esters (lactones) is 2. The van der Waals surface area contributed by atoms with Gasteiger partial charge in [0, 0.05) is 5.41 Å². The fourth-order valence-electron chi connectivity index (χ4n) is 3.35. The molecule has 1 saturated carbocycles. The van der Waals surface area contributed by atoms with E-state index in [-0.39, 0.29) is 12.8 Å². The highest BCUT2D eigenvalue weighted by molar-refractivity contribution is 6.11. The minimum absolute atomic E-state index is 0.00916. The molecular weight excluding hydrogens is 291 g/mol. The van der Waals surface area contributed by atoms with Gasteiger partial charge >= 0.3 is 18.1 Å². The van der Waals surface area contributed by atoms with Gasteiger partial charge in [-0.15, -0.1) is 0 Å². The van der Waals surface area contributed by atoms with Crippen LogP contribution in [0.3, 0.4) is 0 Å². The van der Waals surface area contributed by atoms with Gasteiger partial charge in [0.05, 0.1) is 5.41 Å².